The van der Waals surface area contributed by atoms with Gasteiger partial charge in [-0.2, -0.15) is 13.2 Å². The first-order valence-electron chi connectivity index (χ1n) is 5.85. The minimum Gasteiger partial charge on any atom is -0.494 e. The smallest absolute Gasteiger partial charge is 0.452 e. The van der Waals surface area contributed by atoms with E-state index in [1.54, 1.807) is 12.1 Å². The summed E-state index contributed by atoms with van der Waals surface area (Å²) in [7, 11) is 1.34. The highest BCUT2D eigenvalue weighted by Crippen LogP contribution is 2.47. The largest absolute Gasteiger partial charge is 0.494 e. The van der Waals surface area contributed by atoms with E-state index in [4.69, 9.17) is 28.1 Å². The second-order valence-electron chi connectivity index (χ2n) is 4.75. The molecular formula is C12H12Cl2F3N3O. The monoisotopic (exact) mass is 341 g/mol. The molecular weight excluding hydrogens is 330 g/mol. The average molecular weight is 342 g/mol. The second-order valence-corrected chi connectivity index (χ2v) is 6.01. The molecule has 0 amide bonds. The maximum Gasteiger partial charge on any atom is 0.452 e. The predicted octanol–water partition coefficient (Wildman–Crippen LogP) is 4.33. The van der Waals surface area contributed by atoms with Crippen molar-refractivity contribution in [2.24, 2.45) is 5.10 Å². The lowest BCUT2D eigenvalue weighted by Crippen LogP contribution is -2.46. The normalized spacial score (nSPS) is 15.7. The number of benzene rings is 1. The first-order chi connectivity index (χ1) is 9.57. The number of amidine groups is 1. The molecule has 4 nitrogen and oxygen atoms in total. The number of para-hydroxylation sites is 1. The maximum atomic E-state index is 13.1. The molecule has 116 valence electrons. The van der Waals surface area contributed by atoms with E-state index >= 15 is 0 Å². The molecule has 0 fully saturated rings. The van der Waals surface area contributed by atoms with Crippen LogP contribution in [0, 0.1) is 0 Å². The third kappa shape index (κ3) is 2.85. The lowest BCUT2D eigenvalue weighted by atomic mass is 10.2. The van der Waals surface area contributed by atoms with Gasteiger partial charge in [0.05, 0.1) is 12.8 Å². The Hall–Kier alpha value is -1.34. The zero-order chi connectivity index (χ0) is 16.0. The standard InChI is InChI=1S/C12H12Cl2F3N3O/c1-11(2,13)20-7-5-4-6-8(21-3)9(7)19(14)10(18-20)12(15,16)17/h4-6H,1-3H3. The molecule has 0 saturated carbocycles. The molecule has 0 saturated heterocycles. The Kier molecular flexibility index (Phi) is 3.92. The van der Waals surface area contributed by atoms with Gasteiger partial charge in [-0.3, -0.25) is 0 Å². The number of hydrogen-bond donors (Lipinski definition) is 0. The molecule has 1 aromatic carbocycles. The van der Waals surface area contributed by atoms with Crippen LogP contribution in [0.1, 0.15) is 13.8 Å². The molecule has 0 aliphatic carbocycles. The fourth-order valence-corrected chi connectivity index (χ4v) is 2.34. The van der Waals surface area contributed by atoms with Crippen molar-refractivity contribution in [1.82, 2.24) is 0 Å². The van der Waals surface area contributed by atoms with Gasteiger partial charge in [0.25, 0.3) is 0 Å². The van der Waals surface area contributed by atoms with Crippen LogP contribution in [0.2, 0.25) is 0 Å². The van der Waals surface area contributed by atoms with E-state index in [2.05, 4.69) is 5.10 Å². The highest BCUT2D eigenvalue weighted by atomic mass is 35.5. The van der Waals surface area contributed by atoms with Crippen molar-refractivity contribution in [3.63, 3.8) is 0 Å². The number of ether oxygens (including phenoxy) is 1. The number of hydrogen-bond acceptors (Lipinski definition) is 4. The van der Waals surface area contributed by atoms with E-state index in [1.165, 1.54) is 27.0 Å². The van der Waals surface area contributed by atoms with Gasteiger partial charge in [-0.1, -0.05) is 17.7 Å². The molecule has 0 N–H and O–H groups in total. The minimum absolute atomic E-state index is 0.0396. The first-order valence-corrected chi connectivity index (χ1v) is 6.57. The van der Waals surface area contributed by atoms with Crippen molar-refractivity contribution in [1.29, 1.82) is 0 Å². The fraction of sp³-hybridized carbons (Fsp3) is 0.417. The lowest BCUT2D eigenvalue weighted by molar-refractivity contribution is -0.0599. The van der Waals surface area contributed by atoms with Crippen molar-refractivity contribution >= 4 is 40.6 Å². The van der Waals surface area contributed by atoms with E-state index in [9.17, 15) is 13.2 Å². The number of rotatable bonds is 2. The predicted molar refractivity (Wildman–Crippen MR) is 77.2 cm³/mol. The molecule has 0 atom stereocenters. The van der Waals surface area contributed by atoms with Crippen LogP contribution in [0.25, 0.3) is 0 Å². The Balaban J connectivity index is 2.71. The third-order valence-corrected chi connectivity index (χ3v) is 3.25. The Bertz CT molecular complexity index is 584. The SMILES string of the molecule is COc1cccc2c1N(Cl)C(C(F)(F)F)=NN2C(C)(C)Cl. The molecule has 1 heterocycles. The maximum absolute atomic E-state index is 13.1. The van der Waals surface area contributed by atoms with Crippen LogP contribution < -0.4 is 14.2 Å². The van der Waals surface area contributed by atoms with Crippen molar-refractivity contribution in [2.75, 3.05) is 16.5 Å². The van der Waals surface area contributed by atoms with Gasteiger partial charge < -0.3 is 4.74 Å². The summed E-state index contributed by atoms with van der Waals surface area (Å²) in [4.78, 5) is -1.18. The van der Waals surface area contributed by atoms with Gasteiger partial charge in [0, 0.05) is 11.8 Å². The number of anilines is 2. The molecule has 1 aliphatic rings. The zero-order valence-electron chi connectivity index (χ0n) is 11.4. The molecule has 2 rings (SSSR count). The van der Waals surface area contributed by atoms with Gasteiger partial charge in [0.2, 0.25) is 5.84 Å². The van der Waals surface area contributed by atoms with Crippen LogP contribution in [0.3, 0.4) is 0 Å². The Morgan fingerprint density at radius 1 is 1.24 bits per heavy atom. The fourth-order valence-electron chi connectivity index (χ4n) is 1.91. The Labute approximate surface area is 129 Å². The lowest BCUT2D eigenvalue weighted by Gasteiger charge is -2.38. The van der Waals surface area contributed by atoms with Crippen molar-refractivity contribution in [3.8, 4) is 5.75 Å². The van der Waals surface area contributed by atoms with Crippen LogP contribution in [-0.4, -0.2) is 24.1 Å². The summed E-state index contributed by atoms with van der Waals surface area (Å²) < 4.78 is 44.9. The summed E-state index contributed by atoms with van der Waals surface area (Å²) in [6, 6.07) is 4.69. The van der Waals surface area contributed by atoms with Crippen LogP contribution in [0.4, 0.5) is 24.5 Å². The molecule has 1 aromatic rings. The third-order valence-electron chi connectivity index (χ3n) is 2.76. The average Bonchev–Trinajstić information content (AvgIpc) is 2.35. The summed E-state index contributed by atoms with van der Waals surface area (Å²) in [6.07, 6.45) is -4.74. The van der Waals surface area contributed by atoms with Crippen LogP contribution in [0.15, 0.2) is 23.3 Å². The summed E-state index contributed by atoms with van der Waals surface area (Å²) in [5.74, 6) is -1.10. The second kappa shape index (κ2) is 5.14. The number of nitrogens with zero attached hydrogens (tertiary/aromatic N) is 3. The topological polar surface area (TPSA) is 28.1 Å². The molecule has 21 heavy (non-hydrogen) atoms. The van der Waals surface area contributed by atoms with E-state index < -0.39 is 17.0 Å². The number of methoxy groups -OCH3 is 1. The quantitative estimate of drug-likeness (QED) is 0.455. The highest BCUT2D eigenvalue weighted by Gasteiger charge is 2.47. The first kappa shape index (κ1) is 16.0. The highest BCUT2D eigenvalue weighted by molar-refractivity contribution is 6.40. The molecule has 0 bridgehead atoms. The Morgan fingerprint density at radius 3 is 2.33 bits per heavy atom. The zero-order valence-corrected chi connectivity index (χ0v) is 12.9. The van der Waals surface area contributed by atoms with E-state index in [1.807, 2.05) is 0 Å². The number of alkyl halides is 4. The number of hydrazone groups is 1. The molecule has 0 aromatic heterocycles. The molecule has 9 heteroatoms. The molecule has 0 radical (unpaired) electrons. The van der Waals surface area contributed by atoms with E-state index in [0.29, 0.717) is 10.1 Å². The van der Waals surface area contributed by atoms with Crippen molar-refractivity contribution in [2.45, 2.75) is 25.0 Å². The molecule has 1 aliphatic heterocycles. The van der Waals surface area contributed by atoms with Crippen molar-refractivity contribution < 1.29 is 17.9 Å². The van der Waals surface area contributed by atoms with Gasteiger partial charge in [-0.05, 0) is 26.0 Å². The van der Waals surface area contributed by atoms with Gasteiger partial charge in [-0.25, -0.2) is 9.43 Å². The Morgan fingerprint density at radius 2 is 1.86 bits per heavy atom. The van der Waals surface area contributed by atoms with Gasteiger partial charge >= 0.3 is 6.18 Å². The van der Waals surface area contributed by atoms with Crippen LogP contribution in [-0.2, 0) is 0 Å². The minimum atomic E-state index is -4.74. The summed E-state index contributed by atoms with van der Waals surface area (Å²) >= 11 is 12.0. The molecule has 0 spiro atoms. The number of fused-ring (bicyclic) bond motifs is 1. The van der Waals surface area contributed by atoms with Crippen molar-refractivity contribution in [3.05, 3.63) is 18.2 Å². The van der Waals surface area contributed by atoms with Gasteiger partial charge in [-0.15, -0.1) is 5.10 Å². The summed E-state index contributed by atoms with van der Waals surface area (Å²) in [5.41, 5.74) is 0.357. The van der Waals surface area contributed by atoms with Gasteiger partial charge in [0.15, 0.2) is 0 Å². The number of halogens is 5. The summed E-state index contributed by atoms with van der Waals surface area (Å²) in [5, 5.41) is 4.62. The molecule has 0 unspecified atom stereocenters. The summed E-state index contributed by atoms with van der Waals surface area (Å²) in [6.45, 7) is 3.05. The van der Waals surface area contributed by atoms with Crippen LogP contribution >= 0.6 is 23.4 Å². The van der Waals surface area contributed by atoms with Crippen LogP contribution in [0.5, 0.6) is 5.75 Å². The van der Waals surface area contributed by atoms with E-state index in [-0.39, 0.29) is 11.4 Å². The van der Waals surface area contributed by atoms with Gasteiger partial charge in [0.1, 0.15) is 16.4 Å². The van der Waals surface area contributed by atoms with E-state index in [0.717, 1.165) is 5.01 Å².